The van der Waals surface area contributed by atoms with Crippen LogP contribution in [0.15, 0.2) is 24.3 Å². The first-order valence-electron chi connectivity index (χ1n) is 5.20. The van der Waals surface area contributed by atoms with Gasteiger partial charge in [0.15, 0.2) is 0 Å². The first-order valence-corrected chi connectivity index (χ1v) is 5.20. The van der Waals surface area contributed by atoms with Gasteiger partial charge in [0.2, 0.25) is 0 Å². The number of benzene rings is 1. The molecule has 1 aromatic carbocycles. The van der Waals surface area contributed by atoms with E-state index in [1.165, 1.54) is 0 Å². The number of hydrogen-bond acceptors (Lipinski definition) is 3. The summed E-state index contributed by atoms with van der Waals surface area (Å²) in [5.41, 5.74) is 1.07. The maximum atomic E-state index is 8.89. The van der Waals surface area contributed by atoms with E-state index in [2.05, 4.69) is 4.90 Å². The van der Waals surface area contributed by atoms with Gasteiger partial charge in [-0.05, 0) is 32.1 Å². The summed E-state index contributed by atoms with van der Waals surface area (Å²) in [7, 11) is 4.03. The molecule has 3 heteroatoms. The molecule has 0 aliphatic heterocycles. The number of nitrogens with zero attached hydrogens (tertiary/aromatic N) is 1. The Morgan fingerprint density at radius 3 is 2.67 bits per heavy atom. The van der Waals surface area contributed by atoms with Gasteiger partial charge in [0.05, 0.1) is 0 Å². The minimum absolute atomic E-state index is 0.161. The number of aliphatic hydroxyl groups is 1. The highest BCUT2D eigenvalue weighted by Gasteiger charge is 2.01. The van der Waals surface area contributed by atoms with Crippen molar-refractivity contribution in [2.45, 2.75) is 6.42 Å². The molecule has 0 aliphatic carbocycles. The van der Waals surface area contributed by atoms with Crippen LogP contribution in [0, 0.1) is 0 Å². The molecule has 0 saturated carbocycles. The molecule has 15 heavy (non-hydrogen) atoms. The average molecular weight is 209 g/mol. The van der Waals surface area contributed by atoms with Crippen molar-refractivity contribution in [3.63, 3.8) is 0 Å². The summed E-state index contributed by atoms with van der Waals surface area (Å²) in [5, 5.41) is 8.89. The van der Waals surface area contributed by atoms with Gasteiger partial charge in [0.1, 0.15) is 12.4 Å². The first kappa shape index (κ1) is 12.0. The number of aliphatic hydroxyl groups excluding tert-OH is 1. The molecule has 0 spiro atoms. The molecule has 0 heterocycles. The van der Waals surface area contributed by atoms with Crippen molar-refractivity contribution in [3.8, 4) is 5.75 Å². The Hall–Kier alpha value is -1.06. The fourth-order valence-corrected chi connectivity index (χ4v) is 1.31. The third kappa shape index (κ3) is 4.32. The molecule has 1 rings (SSSR count). The molecule has 0 bridgehead atoms. The van der Waals surface area contributed by atoms with Crippen LogP contribution in [0.25, 0.3) is 0 Å². The molecule has 0 unspecified atom stereocenters. The molecule has 84 valence electrons. The lowest BCUT2D eigenvalue weighted by Gasteiger charge is -2.13. The molecule has 0 radical (unpaired) electrons. The molecular weight excluding hydrogens is 190 g/mol. The second-order valence-corrected chi connectivity index (χ2v) is 3.73. The van der Waals surface area contributed by atoms with Crippen molar-refractivity contribution >= 4 is 0 Å². The second-order valence-electron chi connectivity index (χ2n) is 3.73. The topological polar surface area (TPSA) is 32.7 Å². The van der Waals surface area contributed by atoms with Gasteiger partial charge in [-0.1, -0.05) is 18.2 Å². The monoisotopic (exact) mass is 209 g/mol. The number of para-hydroxylation sites is 1. The number of rotatable bonds is 6. The molecule has 0 saturated heterocycles. The molecule has 0 aromatic heterocycles. The van der Waals surface area contributed by atoms with Crippen LogP contribution in [0.3, 0.4) is 0 Å². The van der Waals surface area contributed by atoms with Gasteiger partial charge in [0.25, 0.3) is 0 Å². The van der Waals surface area contributed by atoms with Gasteiger partial charge < -0.3 is 14.7 Å². The van der Waals surface area contributed by atoms with E-state index in [1.54, 1.807) is 0 Å². The lowest BCUT2D eigenvalue weighted by molar-refractivity contribution is 0.255. The predicted octanol–water partition coefficient (Wildman–Crippen LogP) is 1.16. The normalized spacial score (nSPS) is 10.7. The lowest BCUT2D eigenvalue weighted by Crippen LogP contribution is -2.19. The Balaban J connectivity index is 2.51. The number of hydrogen-bond donors (Lipinski definition) is 1. The zero-order chi connectivity index (χ0) is 11.1. The molecule has 0 aliphatic rings. The Kier molecular flexibility index (Phi) is 5.15. The minimum atomic E-state index is 0.161. The van der Waals surface area contributed by atoms with Crippen LogP contribution in [-0.4, -0.2) is 43.9 Å². The van der Waals surface area contributed by atoms with Crippen LogP contribution in [0.4, 0.5) is 0 Å². The summed E-state index contributed by atoms with van der Waals surface area (Å²) in [4.78, 5) is 2.08. The van der Waals surface area contributed by atoms with Crippen LogP contribution in [0.5, 0.6) is 5.75 Å². The Bertz CT molecular complexity index is 287. The van der Waals surface area contributed by atoms with Gasteiger partial charge in [-0.3, -0.25) is 0 Å². The van der Waals surface area contributed by atoms with Gasteiger partial charge in [-0.2, -0.15) is 0 Å². The van der Waals surface area contributed by atoms with Gasteiger partial charge in [0, 0.05) is 13.2 Å². The summed E-state index contributed by atoms with van der Waals surface area (Å²) < 4.78 is 5.65. The van der Waals surface area contributed by atoms with E-state index in [9.17, 15) is 0 Å². The molecular formula is C12H19NO2. The van der Waals surface area contributed by atoms with Crippen molar-refractivity contribution in [1.82, 2.24) is 4.90 Å². The maximum absolute atomic E-state index is 8.89. The van der Waals surface area contributed by atoms with Gasteiger partial charge in [-0.15, -0.1) is 0 Å². The predicted molar refractivity (Wildman–Crippen MR) is 61.3 cm³/mol. The molecule has 1 N–H and O–H groups in total. The maximum Gasteiger partial charge on any atom is 0.122 e. The largest absolute Gasteiger partial charge is 0.492 e. The number of ether oxygens (including phenoxy) is 1. The summed E-state index contributed by atoms with van der Waals surface area (Å²) in [5.74, 6) is 0.883. The second kappa shape index (κ2) is 6.43. The Morgan fingerprint density at radius 2 is 2.00 bits per heavy atom. The molecule has 0 amide bonds. The summed E-state index contributed by atoms with van der Waals surface area (Å²) in [6.07, 6.45) is 0.651. The van der Waals surface area contributed by atoms with Crippen LogP contribution < -0.4 is 4.74 Å². The zero-order valence-electron chi connectivity index (χ0n) is 9.44. The van der Waals surface area contributed by atoms with E-state index in [4.69, 9.17) is 9.84 Å². The summed E-state index contributed by atoms with van der Waals surface area (Å²) in [6.45, 7) is 1.73. The SMILES string of the molecule is CN(C)CCOc1ccccc1CCO. The van der Waals surface area contributed by atoms with Crippen molar-refractivity contribution in [1.29, 1.82) is 0 Å². The highest BCUT2D eigenvalue weighted by atomic mass is 16.5. The third-order valence-electron chi connectivity index (χ3n) is 2.15. The Labute approximate surface area is 91.3 Å². The van der Waals surface area contributed by atoms with Gasteiger partial charge in [-0.25, -0.2) is 0 Å². The fraction of sp³-hybridized carbons (Fsp3) is 0.500. The van der Waals surface area contributed by atoms with E-state index in [0.717, 1.165) is 17.9 Å². The fourth-order valence-electron chi connectivity index (χ4n) is 1.31. The highest BCUT2D eigenvalue weighted by molar-refractivity contribution is 5.33. The zero-order valence-corrected chi connectivity index (χ0v) is 9.44. The molecule has 0 atom stereocenters. The molecule has 0 fully saturated rings. The quantitative estimate of drug-likeness (QED) is 0.763. The highest BCUT2D eigenvalue weighted by Crippen LogP contribution is 2.17. The first-order chi connectivity index (χ1) is 7.24. The minimum Gasteiger partial charge on any atom is -0.492 e. The molecule has 1 aromatic rings. The van der Waals surface area contributed by atoms with Crippen molar-refractivity contribution in [3.05, 3.63) is 29.8 Å². The van der Waals surface area contributed by atoms with E-state index in [0.29, 0.717) is 13.0 Å². The number of likely N-dealkylation sites (N-methyl/N-ethyl adjacent to an activating group) is 1. The van der Waals surface area contributed by atoms with Crippen LogP contribution in [-0.2, 0) is 6.42 Å². The standard InChI is InChI=1S/C12H19NO2/c1-13(2)8-10-15-12-6-4-3-5-11(12)7-9-14/h3-6,14H,7-10H2,1-2H3. The third-order valence-corrected chi connectivity index (χ3v) is 2.15. The van der Waals surface area contributed by atoms with Crippen molar-refractivity contribution in [2.75, 3.05) is 33.9 Å². The Morgan fingerprint density at radius 1 is 1.27 bits per heavy atom. The lowest BCUT2D eigenvalue weighted by atomic mass is 10.1. The smallest absolute Gasteiger partial charge is 0.122 e. The van der Waals surface area contributed by atoms with Crippen LogP contribution >= 0.6 is 0 Å². The van der Waals surface area contributed by atoms with Crippen LogP contribution in [0.2, 0.25) is 0 Å². The van der Waals surface area contributed by atoms with Crippen molar-refractivity contribution in [2.24, 2.45) is 0 Å². The van der Waals surface area contributed by atoms with Gasteiger partial charge >= 0.3 is 0 Å². The van der Waals surface area contributed by atoms with E-state index < -0.39 is 0 Å². The van der Waals surface area contributed by atoms with Crippen LogP contribution in [0.1, 0.15) is 5.56 Å². The van der Waals surface area contributed by atoms with Crippen molar-refractivity contribution < 1.29 is 9.84 Å². The van der Waals surface area contributed by atoms with E-state index in [-0.39, 0.29) is 6.61 Å². The van der Waals surface area contributed by atoms with E-state index in [1.807, 2.05) is 38.4 Å². The van der Waals surface area contributed by atoms with E-state index >= 15 is 0 Å². The summed E-state index contributed by atoms with van der Waals surface area (Å²) >= 11 is 0. The average Bonchev–Trinajstić information content (AvgIpc) is 2.20. The molecule has 3 nitrogen and oxygen atoms in total. The summed E-state index contributed by atoms with van der Waals surface area (Å²) in [6, 6.07) is 7.84.